The van der Waals surface area contributed by atoms with Gasteiger partial charge in [0, 0.05) is 15.7 Å². The number of rotatable bonds is 5. The minimum absolute atomic E-state index is 0.278. The monoisotopic (exact) mass is 413 g/mol. The molecule has 0 fully saturated rings. The molecule has 0 aliphatic heterocycles. The van der Waals surface area contributed by atoms with Crippen molar-refractivity contribution in [2.75, 3.05) is 16.5 Å². The smallest absolute Gasteiger partial charge is 0.168 e. The third-order valence-corrected chi connectivity index (χ3v) is 4.84. The SMILES string of the molecule is Cc1cc(C(C#N)c2ccc(Cl)cc2)c(Cl)cc1Nc1ncnc(NN)c1N. The lowest BCUT2D eigenvalue weighted by Crippen LogP contribution is -2.13. The summed E-state index contributed by atoms with van der Waals surface area (Å²) < 4.78 is 0. The Balaban J connectivity index is 1.97. The minimum Gasteiger partial charge on any atom is -0.393 e. The average molecular weight is 414 g/mol. The van der Waals surface area contributed by atoms with Crippen LogP contribution in [0.5, 0.6) is 0 Å². The third-order valence-electron chi connectivity index (χ3n) is 4.26. The molecule has 1 aromatic heterocycles. The van der Waals surface area contributed by atoms with Gasteiger partial charge in [-0.2, -0.15) is 5.26 Å². The molecule has 2 aromatic carbocycles. The van der Waals surface area contributed by atoms with Gasteiger partial charge in [-0.05, 0) is 41.8 Å². The van der Waals surface area contributed by atoms with Crippen LogP contribution in [0.15, 0.2) is 42.7 Å². The standard InChI is InChI=1S/C19H17Cl2N7/c1-10-6-13(14(8-22)11-2-4-12(20)5-3-11)15(21)7-16(10)27-18-17(23)19(28-24)26-9-25-18/h2-7,9,14H,23-24H2,1H3,(H2,25,26,27,28). The van der Waals surface area contributed by atoms with Crippen LogP contribution in [0.4, 0.5) is 23.0 Å². The number of nitrogen functional groups attached to an aromatic ring is 2. The number of halogens is 2. The van der Waals surface area contributed by atoms with Crippen molar-refractivity contribution >= 4 is 46.2 Å². The Morgan fingerprint density at radius 2 is 1.79 bits per heavy atom. The van der Waals surface area contributed by atoms with Gasteiger partial charge < -0.3 is 16.5 Å². The minimum atomic E-state index is -0.519. The molecule has 0 radical (unpaired) electrons. The van der Waals surface area contributed by atoms with Gasteiger partial charge in [0.2, 0.25) is 0 Å². The van der Waals surface area contributed by atoms with E-state index in [-0.39, 0.29) is 5.69 Å². The van der Waals surface area contributed by atoms with Crippen molar-refractivity contribution in [1.29, 1.82) is 5.26 Å². The zero-order valence-electron chi connectivity index (χ0n) is 14.9. The number of nitrogens with zero attached hydrogens (tertiary/aromatic N) is 3. The van der Waals surface area contributed by atoms with Crippen LogP contribution in [0.2, 0.25) is 10.0 Å². The van der Waals surface area contributed by atoms with Crippen LogP contribution in [-0.4, -0.2) is 9.97 Å². The maximum Gasteiger partial charge on any atom is 0.168 e. The number of nitrogens with one attached hydrogen (secondary N) is 2. The highest BCUT2D eigenvalue weighted by atomic mass is 35.5. The summed E-state index contributed by atoms with van der Waals surface area (Å²) in [4.78, 5) is 8.08. The Morgan fingerprint density at radius 3 is 2.43 bits per heavy atom. The van der Waals surface area contributed by atoms with Crippen LogP contribution in [0.3, 0.4) is 0 Å². The topological polar surface area (TPSA) is 126 Å². The summed E-state index contributed by atoms with van der Waals surface area (Å²) in [6.07, 6.45) is 1.34. The average Bonchev–Trinajstić information content (AvgIpc) is 2.69. The molecule has 0 saturated carbocycles. The van der Waals surface area contributed by atoms with E-state index in [1.807, 2.05) is 25.1 Å². The molecular weight excluding hydrogens is 397 g/mol. The molecule has 9 heteroatoms. The Labute approximate surface area is 172 Å². The second kappa shape index (κ2) is 8.31. The summed E-state index contributed by atoms with van der Waals surface area (Å²) in [5, 5.41) is 13.9. The number of aryl methyl sites for hydroxylation is 1. The summed E-state index contributed by atoms with van der Waals surface area (Å²) in [7, 11) is 0. The zero-order valence-corrected chi connectivity index (χ0v) is 16.4. The lowest BCUT2D eigenvalue weighted by atomic mass is 9.91. The molecule has 1 unspecified atom stereocenters. The van der Waals surface area contributed by atoms with Crippen LogP contribution >= 0.6 is 23.2 Å². The number of hydrogen-bond donors (Lipinski definition) is 4. The van der Waals surface area contributed by atoms with Crippen molar-refractivity contribution in [2.24, 2.45) is 5.84 Å². The molecule has 1 heterocycles. The Hall–Kier alpha value is -3.05. The van der Waals surface area contributed by atoms with E-state index >= 15 is 0 Å². The molecule has 6 N–H and O–H groups in total. The number of hydrazine groups is 1. The van der Waals surface area contributed by atoms with Gasteiger partial charge in [-0.25, -0.2) is 15.8 Å². The zero-order chi connectivity index (χ0) is 20.3. The highest BCUT2D eigenvalue weighted by Gasteiger charge is 2.19. The van der Waals surface area contributed by atoms with Gasteiger partial charge in [-0.1, -0.05) is 41.4 Å². The fraction of sp³-hybridized carbons (Fsp3) is 0.105. The number of benzene rings is 2. The van der Waals surface area contributed by atoms with Gasteiger partial charge in [0.15, 0.2) is 11.6 Å². The van der Waals surface area contributed by atoms with Gasteiger partial charge >= 0.3 is 0 Å². The van der Waals surface area contributed by atoms with E-state index in [1.165, 1.54) is 6.33 Å². The second-order valence-corrected chi connectivity index (χ2v) is 6.90. The Kier molecular flexibility index (Phi) is 5.85. The highest BCUT2D eigenvalue weighted by molar-refractivity contribution is 6.32. The summed E-state index contributed by atoms with van der Waals surface area (Å²) in [5.74, 6) is 5.58. The molecule has 0 saturated heterocycles. The van der Waals surface area contributed by atoms with Crippen molar-refractivity contribution in [2.45, 2.75) is 12.8 Å². The van der Waals surface area contributed by atoms with Crippen molar-refractivity contribution in [3.63, 3.8) is 0 Å². The van der Waals surface area contributed by atoms with Gasteiger partial charge in [0.25, 0.3) is 0 Å². The molecule has 28 heavy (non-hydrogen) atoms. The highest BCUT2D eigenvalue weighted by Crippen LogP contribution is 2.36. The van der Waals surface area contributed by atoms with Crippen LogP contribution in [0.1, 0.15) is 22.6 Å². The Morgan fingerprint density at radius 1 is 1.11 bits per heavy atom. The second-order valence-electron chi connectivity index (χ2n) is 6.06. The van der Waals surface area contributed by atoms with Gasteiger partial charge in [-0.3, -0.25) is 0 Å². The van der Waals surface area contributed by atoms with E-state index in [9.17, 15) is 5.26 Å². The molecule has 0 bridgehead atoms. The summed E-state index contributed by atoms with van der Waals surface area (Å²) in [6.45, 7) is 1.90. The van der Waals surface area contributed by atoms with Crippen LogP contribution in [0, 0.1) is 18.3 Å². The number of nitrogens with two attached hydrogens (primary N) is 2. The van der Waals surface area contributed by atoms with Gasteiger partial charge in [-0.15, -0.1) is 0 Å². The first-order valence-electron chi connectivity index (χ1n) is 8.23. The maximum atomic E-state index is 9.71. The molecule has 0 amide bonds. The predicted octanol–water partition coefficient (Wildman–Crippen LogP) is 4.36. The molecule has 0 aliphatic carbocycles. The van der Waals surface area contributed by atoms with E-state index < -0.39 is 5.92 Å². The normalized spacial score (nSPS) is 11.5. The first-order chi connectivity index (χ1) is 13.4. The van der Waals surface area contributed by atoms with E-state index in [0.29, 0.717) is 32.9 Å². The fourth-order valence-corrected chi connectivity index (χ4v) is 3.18. The number of hydrogen-bond acceptors (Lipinski definition) is 7. The van der Waals surface area contributed by atoms with Crippen molar-refractivity contribution in [3.05, 3.63) is 69.5 Å². The summed E-state index contributed by atoms with van der Waals surface area (Å²) in [5.41, 5.74) is 11.8. The van der Waals surface area contributed by atoms with Gasteiger partial charge in [0.1, 0.15) is 12.0 Å². The Bertz CT molecular complexity index is 1050. The molecule has 0 spiro atoms. The molecule has 3 rings (SSSR count). The first-order valence-corrected chi connectivity index (χ1v) is 8.99. The van der Waals surface area contributed by atoms with Gasteiger partial charge in [0.05, 0.1) is 12.0 Å². The molecule has 142 valence electrons. The number of aromatic nitrogens is 2. The van der Waals surface area contributed by atoms with Crippen molar-refractivity contribution in [3.8, 4) is 6.07 Å². The number of nitriles is 1. The summed E-state index contributed by atoms with van der Waals surface area (Å²) in [6, 6.07) is 13.0. The van der Waals surface area contributed by atoms with Crippen LogP contribution < -0.4 is 22.3 Å². The van der Waals surface area contributed by atoms with E-state index in [2.05, 4.69) is 26.8 Å². The molecule has 3 aromatic rings. The molecule has 0 aliphatic rings. The summed E-state index contributed by atoms with van der Waals surface area (Å²) >= 11 is 12.5. The van der Waals surface area contributed by atoms with Crippen LogP contribution in [-0.2, 0) is 0 Å². The van der Waals surface area contributed by atoms with E-state index in [1.54, 1.807) is 18.2 Å². The molecule has 7 nitrogen and oxygen atoms in total. The number of anilines is 4. The quantitative estimate of drug-likeness (QED) is 0.361. The largest absolute Gasteiger partial charge is 0.393 e. The third kappa shape index (κ3) is 3.94. The van der Waals surface area contributed by atoms with Crippen molar-refractivity contribution in [1.82, 2.24) is 9.97 Å². The maximum absolute atomic E-state index is 9.71. The lowest BCUT2D eigenvalue weighted by molar-refractivity contribution is 1.03. The first kappa shape index (κ1) is 19.7. The van der Waals surface area contributed by atoms with E-state index in [0.717, 1.165) is 11.1 Å². The van der Waals surface area contributed by atoms with Crippen LogP contribution in [0.25, 0.3) is 0 Å². The van der Waals surface area contributed by atoms with Crippen molar-refractivity contribution < 1.29 is 0 Å². The predicted molar refractivity (Wildman–Crippen MR) is 113 cm³/mol. The molecular formula is C19H17Cl2N7. The van der Waals surface area contributed by atoms with E-state index in [4.69, 9.17) is 34.8 Å². The molecule has 1 atom stereocenters. The lowest BCUT2D eigenvalue weighted by Gasteiger charge is -2.17. The fourth-order valence-electron chi connectivity index (χ4n) is 2.78.